The van der Waals surface area contributed by atoms with Gasteiger partial charge in [0.25, 0.3) is 0 Å². The predicted molar refractivity (Wildman–Crippen MR) is 78.2 cm³/mol. The number of phenolic OH excluding ortho intramolecular Hbond substituents is 1. The Hall–Kier alpha value is -2.27. The molecule has 0 saturated carbocycles. The van der Waals surface area contributed by atoms with Crippen LogP contribution in [0.15, 0.2) is 36.4 Å². The van der Waals surface area contributed by atoms with Crippen LogP contribution in [-0.4, -0.2) is 18.2 Å². The summed E-state index contributed by atoms with van der Waals surface area (Å²) in [5.41, 5.74) is 1.05. The lowest BCUT2D eigenvalue weighted by molar-refractivity contribution is 0.0601. The largest absolute Gasteiger partial charge is 0.506 e. The number of carbonyl (C=O) groups is 1. The highest BCUT2D eigenvalue weighted by molar-refractivity contribution is 6.32. The Labute approximate surface area is 126 Å². The van der Waals surface area contributed by atoms with E-state index in [1.807, 2.05) is 0 Å². The van der Waals surface area contributed by atoms with Crippen molar-refractivity contribution in [3.05, 3.63) is 58.4 Å². The number of hydrogen-bond acceptors (Lipinski definition) is 4. The summed E-state index contributed by atoms with van der Waals surface area (Å²) >= 11 is 5.82. The van der Waals surface area contributed by atoms with E-state index in [0.29, 0.717) is 11.3 Å². The molecule has 2 N–H and O–H groups in total. The van der Waals surface area contributed by atoms with Gasteiger partial charge in [0, 0.05) is 17.8 Å². The molecule has 0 amide bonds. The van der Waals surface area contributed by atoms with Crippen LogP contribution in [0.3, 0.4) is 0 Å². The lowest BCUT2D eigenvalue weighted by Gasteiger charge is -2.12. The summed E-state index contributed by atoms with van der Waals surface area (Å²) in [7, 11) is 1.22. The Kier molecular flexibility index (Phi) is 4.65. The average Bonchev–Trinajstić information content (AvgIpc) is 2.49. The van der Waals surface area contributed by atoms with E-state index >= 15 is 0 Å². The second-order valence-corrected chi connectivity index (χ2v) is 4.69. The molecule has 2 rings (SSSR count). The minimum Gasteiger partial charge on any atom is -0.506 e. The van der Waals surface area contributed by atoms with Gasteiger partial charge in [0.15, 0.2) is 0 Å². The number of esters is 1. The van der Waals surface area contributed by atoms with Gasteiger partial charge in [-0.05, 0) is 24.3 Å². The van der Waals surface area contributed by atoms with E-state index in [2.05, 4.69) is 10.1 Å². The number of benzene rings is 2. The second-order valence-electron chi connectivity index (χ2n) is 4.28. The first-order valence-corrected chi connectivity index (χ1v) is 6.49. The van der Waals surface area contributed by atoms with E-state index < -0.39 is 11.8 Å². The van der Waals surface area contributed by atoms with E-state index in [4.69, 9.17) is 11.6 Å². The number of methoxy groups -OCH3 is 1. The van der Waals surface area contributed by atoms with Crippen LogP contribution in [-0.2, 0) is 11.3 Å². The van der Waals surface area contributed by atoms with E-state index in [9.17, 15) is 14.3 Å². The van der Waals surface area contributed by atoms with Crippen LogP contribution in [0.4, 0.5) is 10.1 Å². The molecule has 0 saturated heterocycles. The highest BCUT2D eigenvalue weighted by Crippen LogP contribution is 2.28. The maximum atomic E-state index is 13.2. The fraction of sp³-hybridized carbons (Fsp3) is 0.133. The van der Waals surface area contributed by atoms with Crippen LogP contribution in [0.2, 0.25) is 5.02 Å². The summed E-state index contributed by atoms with van der Waals surface area (Å²) in [6, 6.07) is 8.71. The quantitative estimate of drug-likeness (QED) is 0.848. The first-order valence-electron chi connectivity index (χ1n) is 6.11. The second kappa shape index (κ2) is 6.45. The fourth-order valence-electron chi connectivity index (χ4n) is 1.84. The van der Waals surface area contributed by atoms with Crippen molar-refractivity contribution in [3.8, 4) is 5.75 Å². The van der Waals surface area contributed by atoms with Gasteiger partial charge in [0.05, 0.1) is 17.7 Å². The smallest absolute Gasteiger partial charge is 0.340 e. The van der Waals surface area contributed by atoms with E-state index in [1.54, 1.807) is 18.2 Å². The van der Waals surface area contributed by atoms with Crippen molar-refractivity contribution in [3.63, 3.8) is 0 Å². The standard InChI is InChI=1S/C15H13ClFNO3/c1-21-15(20)11-7-10(17)5-6-13(11)18-8-9-3-2-4-12(16)14(9)19/h2-7,18-19H,8H2,1H3. The van der Waals surface area contributed by atoms with E-state index in [0.717, 1.165) is 6.07 Å². The van der Waals surface area contributed by atoms with E-state index in [1.165, 1.54) is 19.2 Å². The molecule has 0 aliphatic heterocycles. The molecule has 21 heavy (non-hydrogen) atoms. The predicted octanol–water partition coefficient (Wildman–Crippen LogP) is 3.58. The molecular weight excluding hydrogens is 297 g/mol. The molecule has 6 heteroatoms. The monoisotopic (exact) mass is 309 g/mol. The molecule has 0 radical (unpaired) electrons. The molecule has 0 bridgehead atoms. The van der Waals surface area contributed by atoms with Crippen LogP contribution < -0.4 is 5.32 Å². The van der Waals surface area contributed by atoms with Gasteiger partial charge in [-0.15, -0.1) is 0 Å². The Balaban J connectivity index is 2.24. The van der Waals surface area contributed by atoms with Crippen LogP contribution in [0, 0.1) is 5.82 Å². The fourth-order valence-corrected chi connectivity index (χ4v) is 2.04. The summed E-state index contributed by atoms with van der Waals surface area (Å²) < 4.78 is 17.8. The molecule has 0 aliphatic rings. The van der Waals surface area contributed by atoms with Gasteiger partial charge in [0.2, 0.25) is 0 Å². The summed E-state index contributed by atoms with van der Waals surface area (Å²) in [5.74, 6) is -1.22. The summed E-state index contributed by atoms with van der Waals surface area (Å²) in [5, 5.41) is 13.0. The van der Waals surface area contributed by atoms with Gasteiger partial charge in [-0.25, -0.2) is 9.18 Å². The number of phenols is 1. The Bertz CT molecular complexity index is 676. The molecule has 0 atom stereocenters. The molecule has 2 aromatic carbocycles. The first-order chi connectivity index (χ1) is 10.0. The zero-order chi connectivity index (χ0) is 15.4. The molecule has 4 nitrogen and oxygen atoms in total. The number of halogens is 2. The molecule has 0 spiro atoms. The molecule has 0 heterocycles. The van der Waals surface area contributed by atoms with Gasteiger partial charge in [-0.1, -0.05) is 23.7 Å². The summed E-state index contributed by atoms with van der Waals surface area (Å²) in [6.45, 7) is 0.224. The SMILES string of the molecule is COC(=O)c1cc(F)ccc1NCc1cccc(Cl)c1O. The number of nitrogens with one attached hydrogen (secondary N) is 1. The van der Waals surface area contributed by atoms with Crippen molar-refractivity contribution < 1.29 is 19.0 Å². The van der Waals surface area contributed by atoms with Gasteiger partial charge in [-0.3, -0.25) is 0 Å². The lowest BCUT2D eigenvalue weighted by atomic mass is 10.1. The molecule has 0 unspecified atom stereocenters. The highest BCUT2D eigenvalue weighted by atomic mass is 35.5. The Morgan fingerprint density at radius 3 is 2.86 bits per heavy atom. The Morgan fingerprint density at radius 2 is 2.14 bits per heavy atom. The van der Waals surface area contributed by atoms with Crippen LogP contribution >= 0.6 is 11.6 Å². The minimum absolute atomic E-state index is 0.0339. The Morgan fingerprint density at radius 1 is 1.38 bits per heavy atom. The van der Waals surface area contributed by atoms with Crippen molar-refractivity contribution in [2.75, 3.05) is 12.4 Å². The third-order valence-corrected chi connectivity index (χ3v) is 3.23. The number of para-hydroxylation sites is 1. The van der Waals surface area contributed by atoms with Crippen molar-refractivity contribution in [1.82, 2.24) is 0 Å². The third-order valence-electron chi connectivity index (χ3n) is 2.93. The normalized spacial score (nSPS) is 10.2. The van der Waals surface area contributed by atoms with Crippen molar-refractivity contribution >= 4 is 23.3 Å². The van der Waals surface area contributed by atoms with Crippen molar-refractivity contribution in [1.29, 1.82) is 0 Å². The van der Waals surface area contributed by atoms with Crippen LogP contribution in [0.1, 0.15) is 15.9 Å². The summed E-state index contributed by atoms with van der Waals surface area (Å²) in [6.07, 6.45) is 0. The molecular formula is C15H13ClFNO3. The molecule has 110 valence electrons. The van der Waals surface area contributed by atoms with E-state index in [-0.39, 0.29) is 22.9 Å². The topological polar surface area (TPSA) is 58.6 Å². The zero-order valence-electron chi connectivity index (χ0n) is 11.2. The van der Waals surface area contributed by atoms with Gasteiger partial charge in [-0.2, -0.15) is 0 Å². The number of anilines is 1. The number of rotatable bonds is 4. The number of aromatic hydroxyl groups is 1. The van der Waals surface area contributed by atoms with Crippen molar-refractivity contribution in [2.24, 2.45) is 0 Å². The third kappa shape index (κ3) is 3.44. The van der Waals surface area contributed by atoms with Gasteiger partial charge < -0.3 is 15.2 Å². The first kappa shape index (κ1) is 15.1. The van der Waals surface area contributed by atoms with Crippen molar-refractivity contribution in [2.45, 2.75) is 6.54 Å². The molecule has 0 aromatic heterocycles. The van der Waals surface area contributed by atoms with Gasteiger partial charge >= 0.3 is 5.97 Å². The lowest BCUT2D eigenvalue weighted by Crippen LogP contribution is -2.09. The maximum Gasteiger partial charge on any atom is 0.340 e. The average molecular weight is 310 g/mol. The number of ether oxygens (including phenoxy) is 1. The minimum atomic E-state index is -0.646. The van der Waals surface area contributed by atoms with Crippen LogP contribution in [0.5, 0.6) is 5.75 Å². The maximum absolute atomic E-state index is 13.2. The molecule has 2 aromatic rings. The zero-order valence-corrected chi connectivity index (χ0v) is 11.9. The summed E-state index contributed by atoms with van der Waals surface area (Å²) in [4.78, 5) is 11.6. The van der Waals surface area contributed by atoms with Crippen LogP contribution in [0.25, 0.3) is 0 Å². The number of carbonyl (C=O) groups excluding carboxylic acids is 1. The molecule has 0 aliphatic carbocycles. The highest BCUT2D eigenvalue weighted by Gasteiger charge is 2.13. The van der Waals surface area contributed by atoms with Gasteiger partial charge in [0.1, 0.15) is 11.6 Å². The number of hydrogen-bond donors (Lipinski definition) is 2. The molecule has 0 fully saturated rings.